The Morgan fingerprint density at radius 1 is 1.04 bits per heavy atom. The Morgan fingerprint density at radius 3 is 2.44 bits per heavy atom. The number of benzene rings is 2. The molecule has 0 saturated carbocycles. The highest BCUT2D eigenvalue weighted by molar-refractivity contribution is 6.44. The van der Waals surface area contributed by atoms with E-state index in [9.17, 15) is 14.4 Å². The molecule has 2 rings (SSSR count). The van der Waals surface area contributed by atoms with Gasteiger partial charge >= 0.3 is 5.97 Å². The van der Waals surface area contributed by atoms with Crippen molar-refractivity contribution in [2.75, 3.05) is 18.5 Å². The third-order valence-corrected chi connectivity index (χ3v) is 3.78. The van der Waals surface area contributed by atoms with Crippen molar-refractivity contribution in [1.82, 2.24) is 0 Å². The first-order chi connectivity index (χ1) is 12.0. The van der Waals surface area contributed by atoms with Crippen LogP contribution in [0.1, 0.15) is 10.4 Å². The molecule has 6 nitrogen and oxygen atoms in total. The maximum absolute atomic E-state index is 11.8. The van der Waals surface area contributed by atoms with Gasteiger partial charge in [-0.05, 0) is 36.4 Å². The molecule has 130 valence electrons. The topological polar surface area (TPSA) is 81.7 Å². The zero-order valence-electron chi connectivity index (χ0n) is 12.8. The largest absolute Gasteiger partial charge is 0.482 e. The second-order valence-electron chi connectivity index (χ2n) is 4.79. The van der Waals surface area contributed by atoms with Crippen LogP contribution in [0, 0.1) is 0 Å². The number of aldehydes is 1. The molecule has 2 aromatic carbocycles. The molecule has 0 aliphatic heterocycles. The molecule has 0 saturated heterocycles. The molecule has 0 unspecified atom stereocenters. The summed E-state index contributed by atoms with van der Waals surface area (Å²) < 4.78 is 10.00. The Kier molecular flexibility index (Phi) is 6.80. The monoisotopic (exact) mass is 381 g/mol. The number of hydrogen-bond acceptors (Lipinski definition) is 5. The number of carbonyl (C=O) groups is 3. The zero-order chi connectivity index (χ0) is 18.2. The van der Waals surface area contributed by atoms with Gasteiger partial charge in [0.05, 0.1) is 15.7 Å². The maximum Gasteiger partial charge on any atom is 0.344 e. The first-order valence-electron chi connectivity index (χ1n) is 7.07. The first kappa shape index (κ1) is 18.8. The van der Waals surface area contributed by atoms with Crippen molar-refractivity contribution in [3.8, 4) is 5.75 Å². The van der Waals surface area contributed by atoms with Crippen LogP contribution in [0.25, 0.3) is 0 Å². The molecule has 0 radical (unpaired) electrons. The third-order valence-electron chi connectivity index (χ3n) is 2.96. The lowest BCUT2D eigenvalue weighted by atomic mass is 10.2. The number of esters is 1. The molecular formula is C17H13Cl2NO5. The Labute approximate surface area is 153 Å². The molecule has 2 aromatic rings. The fourth-order valence-corrected chi connectivity index (χ4v) is 2.11. The molecule has 0 fully saturated rings. The summed E-state index contributed by atoms with van der Waals surface area (Å²) in [7, 11) is 0. The van der Waals surface area contributed by atoms with Crippen LogP contribution in [0.4, 0.5) is 5.69 Å². The molecule has 0 atom stereocenters. The lowest BCUT2D eigenvalue weighted by Gasteiger charge is -2.09. The molecular weight excluding hydrogens is 369 g/mol. The van der Waals surface area contributed by atoms with Gasteiger partial charge in [-0.2, -0.15) is 0 Å². The van der Waals surface area contributed by atoms with Gasteiger partial charge in [0.2, 0.25) is 0 Å². The van der Waals surface area contributed by atoms with Crippen LogP contribution in [0.3, 0.4) is 0 Å². The van der Waals surface area contributed by atoms with Gasteiger partial charge in [-0.25, -0.2) is 4.79 Å². The minimum atomic E-state index is -0.716. The Bertz CT molecular complexity index is 777. The predicted molar refractivity (Wildman–Crippen MR) is 93.4 cm³/mol. The first-order valence-corrected chi connectivity index (χ1v) is 7.82. The fourth-order valence-electron chi connectivity index (χ4n) is 1.76. The van der Waals surface area contributed by atoms with E-state index in [0.717, 1.165) is 0 Å². The van der Waals surface area contributed by atoms with Gasteiger partial charge in [0.25, 0.3) is 5.91 Å². The number of amides is 1. The van der Waals surface area contributed by atoms with E-state index in [1.165, 1.54) is 0 Å². The van der Waals surface area contributed by atoms with Gasteiger partial charge in [0.1, 0.15) is 12.0 Å². The average Bonchev–Trinajstić information content (AvgIpc) is 2.62. The summed E-state index contributed by atoms with van der Waals surface area (Å²) in [6, 6.07) is 11.0. The summed E-state index contributed by atoms with van der Waals surface area (Å²) in [5.74, 6) is -0.877. The molecule has 25 heavy (non-hydrogen) atoms. The van der Waals surface area contributed by atoms with Crippen molar-refractivity contribution in [2.24, 2.45) is 0 Å². The third kappa shape index (κ3) is 5.77. The number of hydrogen-bond donors (Lipinski definition) is 1. The molecule has 0 bridgehead atoms. The Morgan fingerprint density at radius 2 is 1.76 bits per heavy atom. The van der Waals surface area contributed by atoms with Crippen molar-refractivity contribution in [3.63, 3.8) is 0 Å². The standard InChI is InChI=1S/C17H13Cl2NO5/c18-13-2-1-3-14(17(13)19)20-15(22)9-25-16(23)10-24-12-6-4-11(8-21)5-7-12/h1-8H,9-10H2,(H,20,22). The van der Waals surface area contributed by atoms with Crippen molar-refractivity contribution in [1.29, 1.82) is 0 Å². The molecule has 0 heterocycles. The van der Waals surface area contributed by atoms with E-state index in [4.69, 9.17) is 32.7 Å². The van der Waals surface area contributed by atoms with Gasteiger partial charge in [-0.15, -0.1) is 0 Å². The number of anilines is 1. The molecule has 0 spiro atoms. The predicted octanol–water partition coefficient (Wildman–Crippen LogP) is 3.37. The van der Waals surface area contributed by atoms with Crippen LogP contribution in [0.5, 0.6) is 5.75 Å². The quantitative estimate of drug-likeness (QED) is 0.587. The van der Waals surface area contributed by atoms with Gasteiger partial charge in [-0.3, -0.25) is 9.59 Å². The molecule has 1 amide bonds. The second kappa shape index (κ2) is 9.05. The molecule has 0 aliphatic carbocycles. The Balaban J connectivity index is 1.76. The van der Waals surface area contributed by atoms with Crippen LogP contribution in [0.15, 0.2) is 42.5 Å². The summed E-state index contributed by atoms with van der Waals surface area (Å²) >= 11 is 11.8. The van der Waals surface area contributed by atoms with Crippen molar-refractivity contribution in [2.45, 2.75) is 0 Å². The lowest BCUT2D eigenvalue weighted by Crippen LogP contribution is -2.23. The van der Waals surface area contributed by atoms with E-state index < -0.39 is 18.5 Å². The normalized spacial score (nSPS) is 10.0. The highest BCUT2D eigenvalue weighted by Crippen LogP contribution is 2.29. The number of carbonyl (C=O) groups excluding carboxylic acids is 3. The second-order valence-corrected chi connectivity index (χ2v) is 5.57. The SMILES string of the molecule is O=Cc1ccc(OCC(=O)OCC(=O)Nc2cccc(Cl)c2Cl)cc1. The molecule has 0 aromatic heterocycles. The summed E-state index contributed by atoms with van der Waals surface area (Å²) in [4.78, 5) is 33.9. The van der Waals surface area contributed by atoms with Crippen LogP contribution >= 0.6 is 23.2 Å². The molecule has 8 heteroatoms. The van der Waals surface area contributed by atoms with Crippen molar-refractivity contribution in [3.05, 3.63) is 58.1 Å². The molecule has 0 aliphatic rings. The van der Waals surface area contributed by atoms with Crippen molar-refractivity contribution < 1.29 is 23.9 Å². The lowest BCUT2D eigenvalue weighted by molar-refractivity contribution is -0.149. The van der Waals surface area contributed by atoms with E-state index in [0.29, 0.717) is 28.3 Å². The average molecular weight is 382 g/mol. The van der Waals surface area contributed by atoms with E-state index in [-0.39, 0.29) is 11.6 Å². The number of ether oxygens (including phenoxy) is 2. The van der Waals surface area contributed by atoms with E-state index in [1.54, 1.807) is 42.5 Å². The van der Waals surface area contributed by atoms with Gasteiger partial charge in [0.15, 0.2) is 13.2 Å². The summed E-state index contributed by atoms with van der Waals surface area (Å²) in [5, 5.41) is 2.98. The molecule has 1 N–H and O–H groups in total. The van der Waals surface area contributed by atoms with E-state index >= 15 is 0 Å². The summed E-state index contributed by atoms with van der Waals surface area (Å²) in [6.07, 6.45) is 0.697. The Hall–Kier alpha value is -2.57. The van der Waals surface area contributed by atoms with E-state index in [2.05, 4.69) is 5.32 Å². The maximum atomic E-state index is 11.8. The summed E-state index contributed by atoms with van der Waals surface area (Å²) in [6.45, 7) is -0.860. The van der Waals surface area contributed by atoms with Crippen LogP contribution < -0.4 is 10.1 Å². The van der Waals surface area contributed by atoms with Crippen LogP contribution in [-0.4, -0.2) is 31.4 Å². The van der Waals surface area contributed by atoms with Gasteiger partial charge in [0, 0.05) is 5.56 Å². The number of nitrogens with one attached hydrogen (secondary N) is 1. The fraction of sp³-hybridized carbons (Fsp3) is 0.118. The van der Waals surface area contributed by atoms with Gasteiger partial charge in [-0.1, -0.05) is 29.3 Å². The number of halogens is 2. The summed E-state index contributed by atoms with van der Waals surface area (Å²) in [5.41, 5.74) is 0.813. The smallest absolute Gasteiger partial charge is 0.344 e. The van der Waals surface area contributed by atoms with Crippen LogP contribution in [0.2, 0.25) is 10.0 Å². The zero-order valence-corrected chi connectivity index (χ0v) is 14.3. The minimum absolute atomic E-state index is 0.200. The van der Waals surface area contributed by atoms with Crippen LogP contribution in [-0.2, 0) is 14.3 Å². The number of rotatable bonds is 7. The van der Waals surface area contributed by atoms with Gasteiger partial charge < -0.3 is 14.8 Å². The van der Waals surface area contributed by atoms with E-state index in [1.807, 2.05) is 0 Å². The minimum Gasteiger partial charge on any atom is -0.482 e. The highest BCUT2D eigenvalue weighted by Gasteiger charge is 2.11. The van der Waals surface area contributed by atoms with Crippen molar-refractivity contribution >= 4 is 47.1 Å². The highest BCUT2D eigenvalue weighted by atomic mass is 35.5.